The molecule has 2 atom stereocenters. The van der Waals surface area contributed by atoms with E-state index in [0.29, 0.717) is 45.0 Å². The van der Waals surface area contributed by atoms with E-state index in [1.807, 2.05) is 24.3 Å². The van der Waals surface area contributed by atoms with E-state index in [1.54, 1.807) is 55.1 Å². The van der Waals surface area contributed by atoms with E-state index in [4.69, 9.17) is 19.5 Å². The van der Waals surface area contributed by atoms with Gasteiger partial charge in [0.1, 0.15) is 6.61 Å². The Morgan fingerprint density at radius 3 is 2.65 bits per heavy atom. The largest absolute Gasteiger partial charge is 0.466 e. The first-order valence-corrected chi connectivity index (χ1v) is 14.7. The molecule has 2 N–H and O–H groups in total. The lowest BCUT2D eigenvalue weighted by molar-refractivity contribution is -0.146. The topological polar surface area (TPSA) is 152 Å². The molecule has 12 heteroatoms. The summed E-state index contributed by atoms with van der Waals surface area (Å²) in [4.78, 5) is 61.7. The van der Waals surface area contributed by atoms with Crippen LogP contribution < -0.4 is 10.9 Å². The molecule has 0 saturated carbocycles. The summed E-state index contributed by atoms with van der Waals surface area (Å²) >= 11 is 0. The molecule has 0 saturated heterocycles. The number of carbonyl (C=O) groups excluding carboxylic acids is 3. The first-order chi connectivity index (χ1) is 22.2. The van der Waals surface area contributed by atoms with Gasteiger partial charge < -0.3 is 29.4 Å². The minimum Gasteiger partial charge on any atom is -0.466 e. The van der Waals surface area contributed by atoms with Crippen LogP contribution in [0, 0.1) is 0 Å². The molecule has 2 aromatic heterocycles. The zero-order valence-electron chi connectivity index (χ0n) is 25.2. The number of para-hydroxylation sites is 1. The molecule has 2 unspecified atom stereocenters. The summed E-state index contributed by atoms with van der Waals surface area (Å²) in [5, 5.41) is 14.4. The Labute approximate surface area is 262 Å². The summed E-state index contributed by atoms with van der Waals surface area (Å²) in [5.41, 5.74) is 5.95. The lowest BCUT2D eigenvalue weighted by atomic mass is 9.95. The maximum Gasteiger partial charge on any atom is 0.337 e. The Balaban J connectivity index is 1.27. The van der Waals surface area contributed by atoms with Crippen LogP contribution in [-0.4, -0.2) is 57.9 Å². The van der Waals surface area contributed by atoms with Crippen molar-refractivity contribution >= 4 is 40.8 Å². The number of aromatic nitrogens is 2. The molecule has 3 aliphatic heterocycles. The van der Waals surface area contributed by atoms with Crippen LogP contribution >= 0.6 is 0 Å². The fourth-order valence-electron chi connectivity index (χ4n) is 6.29. The second-order valence-electron chi connectivity index (χ2n) is 11.4. The number of cyclic esters (lactones) is 1. The number of nitrogens with one attached hydrogen (secondary N) is 1. The maximum absolute atomic E-state index is 13.6. The number of aliphatic hydroxyl groups is 1. The standard InChI is InChI=1S/C34H29N5O7/c1-17-29(33(43)45-3)30(37-34(44)38(17)2)18-8-10-19(11-9-18)35-14-22-20-6-4-5-7-25(20)36-31-23(22)15-39-26(31)12-21-24(32(39)42)16-46-28(41)13-27(21)40/h4-12,14,27,30,40H,13,15-16H2,1-3H3,(H,37,44). The highest BCUT2D eigenvalue weighted by Gasteiger charge is 2.35. The van der Waals surface area contributed by atoms with E-state index in [-0.39, 0.29) is 36.7 Å². The molecular weight excluding hydrogens is 590 g/mol. The van der Waals surface area contributed by atoms with Gasteiger partial charge in [-0.2, -0.15) is 0 Å². The summed E-state index contributed by atoms with van der Waals surface area (Å²) in [6, 6.07) is 15.5. The van der Waals surface area contributed by atoms with Gasteiger partial charge in [0.25, 0.3) is 5.56 Å². The first kappa shape index (κ1) is 29.1. The molecular formula is C34H29N5O7. The number of nitrogens with zero attached hydrogens (tertiary/aromatic N) is 4. The third-order valence-corrected chi connectivity index (χ3v) is 8.86. The second kappa shape index (κ2) is 11.1. The van der Waals surface area contributed by atoms with Crippen molar-refractivity contribution in [3.63, 3.8) is 0 Å². The smallest absolute Gasteiger partial charge is 0.337 e. The fraction of sp³-hybridized carbons (Fsp3) is 0.235. The highest BCUT2D eigenvalue weighted by molar-refractivity contribution is 6.03. The molecule has 0 spiro atoms. The summed E-state index contributed by atoms with van der Waals surface area (Å²) in [5.74, 6) is -1.09. The van der Waals surface area contributed by atoms with Crippen molar-refractivity contribution in [1.29, 1.82) is 0 Å². The van der Waals surface area contributed by atoms with Gasteiger partial charge in [-0.15, -0.1) is 0 Å². The number of urea groups is 1. The lowest BCUT2D eigenvalue weighted by Gasteiger charge is -2.33. The predicted molar refractivity (Wildman–Crippen MR) is 167 cm³/mol. The third-order valence-electron chi connectivity index (χ3n) is 8.86. The Morgan fingerprint density at radius 2 is 1.89 bits per heavy atom. The Bertz CT molecular complexity index is 2100. The number of hydrogen-bond acceptors (Lipinski definition) is 9. The molecule has 0 radical (unpaired) electrons. The summed E-state index contributed by atoms with van der Waals surface area (Å²) in [7, 11) is 2.89. The molecule has 0 bridgehead atoms. The fourth-order valence-corrected chi connectivity index (χ4v) is 6.29. The molecule has 0 fully saturated rings. The number of esters is 2. The van der Waals surface area contributed by atoms with Crippen LogP contribution in [0.5, 0.6) is 0 Å². The van der Waals surface area contributed by atoms with Crippen molar-refractivity contribution in [1.82, 2.24) is 19.8 Å². The SMILES string of the molecule is COC(=O)C1=C(C)N(C)C(=O)NC1c1ccc(N=Cc2c3c(nc4ccccc24)-c2cc4c(c(=O)n2C3)COC(=O)CC4O)cc1. The van der Waals surface area contributed by atoms with Crippen molar-refractivity contribution in [3.8, 4) is 11.4 Å². The van der Waals surface area contributed by atoms with Crippen LogP contribution in [-0.2, 0) is 32.2 Å². The zero-order chi connectivity index (χ0) is 32.3. The molecule has 2 amide bonds. The van der Waals surface area contributed by atoms with Crippen molar-refractivity contribution in [2.75, 3.05) is 14.2 Å². The minimum atomic E-state index is -1.15. The van der Waals surface area contributed by atoms with E-state index >= 15 is 0 Å². The molecule has 2 aromatic carbocycles. The molecule has 232 valence electrons. The lowest BCUT2D eigenvalue weighted by Crippen LogP contribution is -2.46. The average molecular weight is 620 g/mol. The van der Waals surface area contributed by atoms with Crippen molar-refractivity contribution in [2.45, 2.75) is 38.6 Å². The highest BCUT2D eigenvalue weighted by atomic mass is 16.5. The number of methoxy groups -OCH3 is 1. The minimum absolute atomic E-state index is 0.196. The molecule has 0 aliphatic carbocycles. The number of aliphatic imine (C=N–C) groups is 1. The number of allylic oxidation sites excluding steroid dienone is 1. The molecule has 5 heterocycles. The van der Waals surface area contributed by atoms with E-state index in [2.05, 4.69) is 5.32 Å². The number of rotatable bonds is 4. The second-order valence-corrected chi connectivity index (χ2v) is 11.4. The van der Waals surface area contributed by atoms with Crippen LogP contribution in [0.15, 0.2) is 75.7 Å². The van der Waals surface area contributed by atoms with Crippen molar-refractivity contribution in [2.24, 2.45) is 4.99 Å². The van der Waals surface area contributed by atoms with Gasteiger partial charge in [0.2, 0.25) is 0 Å². The normalized spacial score (nSPS) is 19.0. The average Bonchev–Trinajstić information content (AvgIpc) is 3.35. The Morgan fingerprint density at radius 1 is 1.13 bits per heavy atom. The maximum atomic E-state index is 13.6. The number of benzene rings is 2. The van der Waals surface area contributed by atoms with E-state index < -0.39 is 24.1 Å². The molecule has 4 aromatic rings. The molecule has 7 rings (SSSR count). The van der Waals surface area contributed by atoms with E-state index in [9.17, 15) is 24.3 Å². The van der Waals surface area contributed by atoms with E-state index in [1.165, 1.54) is 12.0 Å². The Kier molecular flexibility index (Phi) is 7.01. The monoisotopic (exact) mass is 619 g/mol. The van der Waals surface area contributed by atoms with Gasteiger partial charge in [-0.3, -0.25) is 14.6 Å². The molecule has 3 aliphatic rings. The number of hydrogen-bond donors (Lipinski definition) is 2. The van der Waals surface area contributed by atoms with Gasteiger partial charge >= 0.3 is 18.0 Å². The number of pyridine rings is 2. The third kappa shape index (κ3) is 4.65. The van der Waals surface area contributed by atoms with Crippen LogP contribution in [0.4, 0.5) is 10.5 Å². The summed E-state index contributed by atoms with van der Waals surface area (Å²) in [6.45, 7) is 1.74. The van der Waals surface area contributed by atoms with Gasteiger partial charge in [-0.1, -0.05) is 30.3 Å². The van der Waals surface area contributed by atoms with Crippen LogP contribution in [0.2, 0.25) is 0 Å². The van der Waals surface area contributed by atoms with Crippen LogP contribution in [0.3, 0.4) is 0 Å². The van der Waals surface area contributed by atoms with Gasteiger partial charge in [0, 0.05) is 35.5 Å². The van der Waals surface area contributed by atoms with Gasteiger partial charge in [0.15, 0.2) is 0 Å². The van der Waals surface area contributed by atoms with Gasteiger partial charge in [-0.25, -0.2) is 14.6 Å². The number of fused-ring (bicyclic) bond motifs is 5. The van der Waals surface area contributed by atoms with Crippen LogP contribution in [0.1, 0.15) is 53.3 Å². The number of aliphatic hydroxyl groups excluding tert-OH is 1. The van der Waals surface area contributed by atoms with Crippen LogP contribution in [0.25, 0.3) is 22.3 Å². The Hall–Kier alpha value is -5.62. The van der Waals surface area contributed by atoms with E-state index in [0.717, 1.165) is 16.5 Å². The highest BCUT2D eigenvalue weighted by Crippen LogP contribution is 2.38. The van der Waals surface area contributed by atoms with Crippen molar-refractivity contribution in [3.05, 3.63) is 104 Å². The number of ether oxygens (including phenoxy) is 2. The predicted octanol–water partition coefficient (Wildman–Crippen LogP) is 3.80. The van der Waals surface area contributed by atoms with Gasteiger partial charge in [-0.05, 0) is 42.3 Å². The summed E-state index contributed by atoms with van der Waals surface area (Å²) < 4.78 is 11.8. The molecule has 12 nitrogen and oxygen atoms in total. The quantitative estimate of drug-likeness (QED) is 0.228. The van der Waals surface area contributed by atoms with Crippen molar-refractivity contribution < 1.29 is 29.0 Å². The number of carbonyl (C=O) groups is 3. The zero-order valence-corrected chi connectivity index (χ0v) is 25.2. The summed E-state index contributed by atoms with van der Waals surface area (Å²) in [6.07, 6.45) is 0.370. The molecule has 46 heavy (non-hydrogen) atoms. The number of amides is 2. The van der Waals surface area contributed by atoms with Gasteiger partial charge in [0.05, 0.1) is 65.9 Å². The first-order valence-electron chi connectivity index (χ1n) is 14.7.